The normalized spacial score (nSPS) is 14.1. The lowest BCUT2D eigenvalue weighted by Gasteiger charge is -2.37. The second kappa shape index (κ2) is 9.55. The monoisotopic (exact) mass is 509 g/mol. The molecule has 10 heteroatoms. The number of benzene rings is 3. The summed E-state index contributed by atoms with van der Waals surface area (Å²) in [4.78, 5) is 11.1. The number of carbonyl (C=O) groups is 1. The van der Waals surface area contributed by atoms with Crippen molar-refractivity contribution in [1.82, 2.24) is 0 Å². The minimum Gasteiger partial charge on any atom is -0.478 e. The fourth-order valence-electron chi connectivity index (χ4n) is 3.47. The minimum absolute atomic E-state index is 0.0115. The third-order valence-corrected chi connectivity index (χ3v) is 6.00. The third-order valence-electron chi connectivity index (χ3n) is 5.36. The van der Waals surface area contributed by atoms with E-state index in [-0.39, 0.29) is 38.2 Å². The van der Waals surface area contributed by atoms with Gasteiger partial charge in [-0.25, -0.2) is 4.79 Å². The Morgan fingerprint density at radius 3 is 2.03 bits per heavy atom. The third kappa shape index (κ3) is 4.82. The molecule has 0 aliphatic rings. The van der Waals surface area contributed by atoms with E-state index in [1.807, 2.05) is 6.07 Å². The van der Waals surface area contributed by atoms with Crippen molar-refractivity contribution in [3.8, 4) is 17.6 Å². The lowest BCUT2D eigenvalue weighted by molar-refractivity contribution is -0.274. The molecule has 2 atom stereocenters. The van der Waals surface area contributed by atoms with Gasteiger partial charge in [-0.05, 0) is 47.5 Å². The van der Waals surface area contributed by atoms with Gasteiger partial charge in [-0.3, -0.25) is 0 Å². The van der Waals surface area contributed by atoms with Gasteiger partial charge in [0.1, 0.15) is 11.5 Å². The molecule has 3 aromatic rings. The second-order valence-electron chi connectivity index (χ2n) is 7.41. The van der Waals surface area contributed by atoms with Crippen LogP contribution in [-0.2, 0) is 5.60 Å². The molecule has 3 aromatic carbocycles. The molecule has 0 aliphatic heterocycles. The van der Waals surface area contributed by atoms with Crippen LogP contribution in [0.3, 0.4) is 0 Å². The number of aromatic carboxylic acids is 1. The van der Waals surface area contributed by atoms with E-state index in [0.29, 0.717) is 0 Å². The summed E-state index contributed by atoms with van der Waals surface area (Å²) in [5, 5.41) is 28.7. The quantitative estimate of drug-likeness (QED) is 0.376. The Labute approximate surface area is 202 Å². The summed E-state index contributed by atoms with van der Waals surface area (Å²) in [6, 6.07) is 14.2. The van der Waals surface area contributed by atoms with Crippen molar-refractivity contribution in [2.45, 2.75) is 24.6 Å². The van der Waals surface area contributed by atoms with Gasteiger partial charge in [0.25, 0.3) is 0 Å². The van der Waals surface area contributed by atoms with Gasteiger partial charge < -0.3 is 14.9 Å². The van der Waals surface area contributed by atoms with Crippen LogP contribution in [0, 0.1) is 11.3 Å². The van der Waals surface area contributed by atoms with Gasteiger partial charge >= 0.3 is 12.1 Å². The van der Waals surface area contributed by atoms with Gasteiger partial charge in [0.05, 0.1) is 22.2 Å². The van der Waals surface area contributed by atoms with Crippen LogP contribution in [0.15, 0.2) is 60.7 Å². The van der Waals surface area contributed by atoms with Crippen molar-refractivity contribution in [1.29, 1.82) is 5.26 Å². The van der Waals surface area contributed by atoms with E-state index in [1.165, 1.54) is 55.5 Å². The van der Waals surface area contributed by atoms with Crippen molar-refractivity contribution < 1.29 is 32.9 Å². The first kappa shape index (κ1) is 25.4. The number of hydrogen-bond donors (Lipinski definition) is 2. The highest BCUT2D eigenvalue weighted by Crippen LogP contribution is 2.50. The molecule has 0 amide bonds. The van der Waals surface area contributed by atoms with Crippen molar-refractivity contribution in [3.05, 3.63) is 93.0 Å². The molecule has 0 heterocycles. The molecule has 0 bridgehead atoms. The van der Waals surface area contributed by atoms with Gasteiger partial charge in [0.2, 0.25) is 0 Å². The molecule has 0 radical (unpaired) electrons. The highest BCUT2D eigenvalue weighted by Gasteiger charge is 2.58. The Morgan fingerprint density at radius 1 is 1.00 bits per heavy atom. The summed E-state index contributed by atoms with van der Waals surface area (Å²) in [7, 11) is 0. The molecule has 0 aromatic heterocycles. The van der Waals surface area contributed by atoms with E-state index in [9.17, 15) is 23.1 Å². The van der Waals surface area contributed by atoms with Crippen molar-refractivity contribution in [3.63, 3.8) is 0 Å². The van der Waals surface area contributed by atoms with Crippen molar-refractivity contribution >= 4 is 29.2 Å². The molecule has 0 spiro atoms. The fourth-order valence-corrected chi connectivity index (χ4v) is 4.06. The maximum atomic E-state index is 14.1. The molecule has 34 heavy (non-hydrogen) atoms. The smallest absolute Gasteiger partial charge is 0.422 e. The lowest BCUT2D eigenvalue weighted by Crippen LogP contribution is -2.46. The summed E-state index contributed by atoms with van der Waals surface area (Å²) in [5.74, 6) is -2.38. The molecule has 0 saturated heterocycles. The Bertz CT molecular complexity index is 1270. The second-order valence-corrected chi connectivity index (χ2v) is 8.22. The first-order valence-electron chi connectivity index (χ1n) is 9.68. The van der Waals surface area contributed by atoms with E-state index < -0.39 is 29.2 Å². The summed E-state index contributed by atoms with van der Waals surface area (Å²) in [5.41, 5.74) is -3.68. The van der Waals surface area contributed by atoms with Crippen LogP contribution in [0.1, 0.15) is 39.9 Å². The molecule has 5 nitrogen and oxygen atoms in total. The van der Waals surface area contributed by atoms with Gasteiger partial charge in [0, 0.05) is 17.0 Å². The highest BCUT2D eigenvalue weighted by molar-refractivity contribution is 6.33. The fraction of sp³-hybridized carbons (Fsp3) is 0.167. The van der Waals surface area contributed by atoms with Crippen LogP contribution >= 0.6 is 23.2 Å². The van der Waals surface area contributed by atoms with E-state index >= 15 is 0 Å². The number of hydrogen-bond acceptors (Lipinski definition) is 4. The molecule has 0 fully saturated rings. The van der Waals surface area contributed by atoms with E-state index in [4.69, 9.17) is 38.3 Å². The average molecular weight is 510 g/mol. The maximum absolute atomic E-state index is 14.1. The van der Waals surface area contributed by atoms with E-state index in [0.717, 1.165) is 12.1 Å². The number of aliphatic hydroxyl groups is 1. The standard InChI is InChI=1S/C24H16Cl2F3NO4/c1-13(23(33,24(27,28)29)15-4-2-14(12-30)3-5-15)18-8-6-16(10-20(18)25)34-17-7-9-19(22(31)32)21(26)11-17/h2-11,13,33H,1H3,(H,31,32). The Kier molecular flexibility index (Phi) is 7.13. The summed E-state index contributed by atoms with van der Waals surface area (Å²) < 4.78 is 47.9. The van der Waals surface area contributed by atoms with Crippen LogP contribution in [-0.4, -0.2) is 22.4 Å². The summed E-state index contributed by atoms with van der Waals surface area (Å²) >= 11 is 12.2. The molecule has 3 rings (SSSR count). The zero-order chi connectivity index (χ0) is 25.3. The number of ether oxygens (including phenoxy) is 1. The first-order valence-corrected chi connectivity index (χ1v) is 10.4. The van der Waals surface area contributed by atoms with Crippen LogP contribution in [0.2, 0.25) is 10.0 Å². The highest BCUT2D eigenvalue weighted by atomic mass is 35.5. The number of carboxylic acids is 1. The summed E-state index contributed by atoms with van der Waals surface area (Å²) in [6.45, 7) is 1.19. The number of rotatable bonds is 6. The van der Waals surface area contributed by atoms with Crippen LogP contribution < -0.4 is 4.74 Å². The Balaban J connectivity index is 1.95. The predicted octanol–water partition coefficient (Wildman–Crippen LogP) is 6.91. The topological polar surface area (TPSA) is 90.6 Å². The van der Waals surface area contributed by atoms with E-state index in [1.54, 1.807) is 0 Å². The SMILES string of the molecule is CC(c1ccc(Oc2ccc(C(=O)O)c(Cl)c2)cc1Cl)C(O)(c1ccc(C#N)cc1)C(F)(F)F. The lowest BCUT2D eigenvalue weighted by atomic mass is 9.77. The number of alkyl halides is 3. The zero-order valence-corrected chi connectivity index (χ0v) is 18.9. The van der Waals surface area contributed by atoms with Crippen LogP contribution in [0.25, 0.3) is 0 Å². The number of nitriles is 1. The first-order chi connectivity index (χ1) is 15.9. The molecule has 0 aliphatic carbocycles. The van der Waals surface area contributed by atoms with Crippen LogP contribution in [0.5, 0.6) is 11.5 Å². The Morgan fingerprint density at radius 2 is 1.56 bits per heavy atom. The molecular weight excluding hydrogens is 494 g/mol. The molecule has 2 N–H and O–H groups in total. The maximum Gasteiger partial charge on any atom is 0.422 e. The number of carboxylic acid groups (broad SMARTS) is 1. The largest absolute Gasteiger partial charge is 0.478 e. The number of halogens is 5. The van der Waals surface area contributed by atoms with Crippen LogP contribution in [0.4, 0.5) is 13.2 Å². The minimum atomic E-state index is -5.05. The molecular formula is C24H16Cl2F3NO4. The molecule has 0 saturated carbocycles. The number of nitrogens with zero attached hydrogens (tertiary/aromatic N) is 1. The van der Waals surface area contributed by atoms with Gasteiger partial charge in [-0.1, -0.05) is 48.3 Å². The molecule has 176 valence electrons. The average Bonchev–Trinajstić information content (AvgIpc) is 2.77. The predicted molar refractivity (Wildman–Crippen MR) is 119 cm³/mol. The zero-order valence-electron chi connectivity index (χ0n) is 17.4. The van der Waals surface area contributed by atoms with Crippen molar-refractivity contribution in [2.24, 2.45) is 0 Å². The van der Waals surface area contributed by atoms with Crippen molar-refractivity contribution in [2.75, 3.05) is 0 Å². The van der Waals surface area contributed by atoms with Gasteiger partial charge in [-0.15, -0.1) is 0 Å². The van der Waals surface area contributed by atoms with E-state index in [2.05, 4.69) is 0 Å². The summed E-state index contributed by atoms with van der Waals surface area (Å²) in [6.07, 6.45) is -5.05. The van der Waals surface area contributed by atoms with Gasteiger partial charge in [0.15, 0.2) is 5.60 Å². The Hall–Kier alpha value is -3.25. The van der Waals surface area contributed by atoms with Gasteiger partial charge in [-0.2, -0.15) is 18.4 Å². The molecule has 2 unspecified atom stereocenters.